The molecular formula is C14H13Cl2N5. The van der Waals surface area contributed by atoms with Crippen molar-refractivity contribution in [2.75, 3.05) is 12.4 Å². The van der Waals surface area contributed by atoms with Crippen molar-refractivity contribution in [3.8, 4) is 0 Å². The molecular weight excluding hydrogens is 309 g/mol. The van der Waals surface area contributed by atoms with Crippen LogP contribution in [-0.2, 0) is 12.8 Å². The van der Waals surface area contributed by atoms with Crippen molar-refractivity contribution in [1.29, 1.82) is 0 Å². The van der Waals surface area contributed by atoms with E-state index in [1.165, 1.54) is 5.56 Å². The lowest BCUT2D eigenvalue weighted by atomic mass is 10.1. The molecule has 0 aliphatic carbocycles. The van der Waals surface area contributed by atoms with E-state index in [2.05, 4.69) is 25.5 Å². The molecule has 0 saturated heterocycles. The molecule has 0 unspecified atom stereocenters. The molecule has 3 rings (SSSR count). The van der Waals surface area contributed by atoms with Crippen molar-refractivity contribution in [1.82, 2.24) is 20.2 Å². The Kier molecular flexibility index (Phi) is 3.94. The van der Waals surface area contributed by atoms with E-state index < -0.39 is 0 Å². The number of anilines is 1. The summed E-state index contributed by atoms with van der Waals surface area (Å²) in [5, 5.41) is 11.2. The predicted molar refractivity (Wildman–Crippen MR) is 85.1 cm³/mol. The second kappa shape index (κ2) is 5.87. The third-order valence-corrected chi connectivity index (χ3v) is 3.68. The zero-order valence-corrected chi connectivity index (χ0v) is 12.8. The van der Waals surface area contributed by atoms with Crippen LogP contribution in [0.25, 0.3) is 11.0 Å². The maximum atomic E-state index is 5.95. The number of fused-ring (bicyclic) bond motifs is 1. The Morgan fingerprint density at radius 3 is 2.52 bits per heavy atom. The lowest BCUT2D eigenvalue weighted by molar-refractivity contribution is 0.898. The summed E-state index contributed by atoms with van der Waals surface area (Å²) >= 11 is 11.8. The zero-order valence-electron chi connectivity index (χ0n) is 11.3. The molecule has 0 radical (unpaired) electrons. The maximum Gasteiger partial charge on any atom is 0.225 e. The zero-order chi connectivity index (χ0) is 14.8. The first-order valence-electron chi connectivity index (χ1n) is 6.50. The van der Waals surface area contributed by atoms with Gasteiger partial charge in [0.2, 0.25) is 5.28 Å². The van der Waals surface area contributed by atoms with Crippen LogP contribution in [0, 0.1) is 0 Å². The van der Waals surface area contributed by atoms with E-state index >= 15 is 0 Å². The molecule has 7 heteroatoms. The van der Waals surface area contributed by atoms with Crippen LogP contribution in [-0.4, -0.2) is 27.2 Å². The van der Waals surface area contributed by atoms with Crippen LogP contribution in [0.15, 0.2) is 24.3 Å². The highest BCUT2D eigenvalue weighted by Crippen LogP contribution is 2.23. The first-order valence-corrected chi connectivity index (χ1v) is 7.25. The van der Waals surface area contributed by atoms with Crippen molar-refractivity contribution in [3.05, 3.63) is 45.8 Å². The highest BCUT2D eigenvalue weighted by molar-refractivity contribution is 6.30. The van der Waals surface area contributed by atoms with Crippen LogP contribution >= 0.6 is 23.2 Å². The predicted octanol–water partition coefficient (Wildman–Crippen LogP) is 3.49. The van der Waals surface area contributed by atoms with Crippen LogP contribution in [0.1, 0.15) is 11.3 Å². The molecule has 0 spiro atoms. The molecule has 3 aromatic rings. The van der Waals surface area contributed by atoms with Crippen LogP contribution in [0.5, 0.6) is 0 Å². The summed E-state index contributed by atoms with van der Waals surface area (Å²) in [4.78, 5) is 8.38. The number of rotatable bonds is 4. The fourth-order valence-electron chi connectivity index (χ4n) is 2.19. The number of aromatic amines is 1. The van der Waals surface area contributed by atoms with Gasteiger partial charge in [0.15, 0.2) is 11.3 Å². The third-order valence-electron chi connectivity index (χ3n) is 3.26. The summed E-state index contributed by atoms with van der Waals surface area (Å²) in [5.41, 5.74) is 3.61. The quantitative estimate of drug-likeness (QED) is 0.722. The van der Waals surface area contributed by atoms with E-state index in [1.807, 2.05) is 24.3 Å². The molecule has 0 saturated carbocycles. The van der Waals surface area contributed by atoms with Gasteiger partial charge in [0, 0.05) is 12.1 Å². The van der Waals surface area contributed by atoms with Gasteiger partial charge < -0.3 is 5.32 Å². The molecule has 0 aliphatic rings. The Balaban J connectivity index is 1.87. The molecule has 0 amide bonds. The van der Waals surface area contributed by atoms with Gasteiger partial charge in [-0.3, -0.25) is 5.10 Å². The maximum absolute atomic E-state index is 5.95. The van der Waals surface area contributed by atoms with Crippen molar-refractivity contribution in [2.24, 2.45) is 0 Å². The number of nitrogens with one attached hydrogen (secondary N) is 2. The summed E-state index contributed by atoms with van der Waals surface area (Å²) in [5.74, 6) is 0.624. The molecule has 0 fully saturated rings. The van der Waals surface area contributed by atoms with Gasteiger partial charge in [-0.25, -0.2) is 4.98 Å². The molecule has 21 heavy (non-hydrogen) atoms. The van der Waals surface area contributed by atoms with Gasteiger partial charge >= 0.3 is 0 Å². The Morgan fingerprint density at radius 2 is 1.81 bits per heavy atom. The molecule has 2 N–H and O–H groups in total. The minimum Gasteiger partial charge on any atom is -0.371 e. The average Bonchev–Trinajstić information content (AvgIpc) is 2.89. The smallest absolute Gasteiger partial charge is 0.225 e. The number of halogens is 2. The second-order valence-electron chi connectivity index (χ2n) is 4.62. The third kappa shape index (κ3) is 2.94. The van der Waals surface area contributed by atoms with Crippen molar-refractivity contribution >= 4 is 40.1 Å². The fourth-order valence-corrected chi connectivity index (χ4v) is 2.48. The van der Waals surface area contributed by atoms with Crippen molar-refractivity contribution in [2.45, 2.75) is 12.8 Å². The Labute approximate surface area is 131 Å². The largest absolute Gasteiger partial charge is 0.371 e. The lowest BCUT2D eigenvalue weighted by Crippen LogP contribution is -1.97. The van der Waals surface area contributed by atoms with Crippen LogP contribution < -0.4 is 5.32 Å². The number of aryl methyl sites for hydroxylation is 2. The van der Waals surface area contributed by atoms with Crippen LogP contribution in [0.3, 0.4) is 0 Å². The van der Waals surface area contributed by atoms with Crippen LogP contribution in [0.2, 0.25) is 10.3 Å². The molecule has 2 heterocycles. The molecule has 108 valence electrons. The lowest BCUT2D eigenvalue weighted by Gasteiger charge is -2.02. The van der Waals surface area contributed by atoms with Gasteiger partial charge in [0.05, 0.1) is 5.69 Å². The van der Waals surface area contributed by atoms with E-state index in [9.17, 15) is 0 Å². The summed E-state index contributed by atoms with van der Waals surface area (Å²) in [6.45, 7) is 0. The van der Waals surface area contributed by atoms with Crippen molar-refractivity contribution < 1.29 is 0 Å². The molecule has 5 nitrogen and oxygen atoms in total. The highest BCUT2D eigenvalue weighted by atomic mass is 35.5. The van der Waals surface area contributed by atoms with E-state index in [0.29, 0.717) is 11.3 Å². The van der Waals surface area contributed by atoms with E-state index in [-0.39, 0.29) is 5.28 Å². The number of benzene rings is 1. The summed E-state index contributed by atoms with van der Waals surface area (Å²) in [7, 11) is 1.78. The number of aromatic nitrogens is 4. The minimum absolute atomic E-state index is 0.209. The average molecular weight is 322 g/mol. The standard InChI is InChI=1S/C14H13Cl2N5/c1-17-13-12-11(18-14(16)19-13)10(20-21-12)7-4-8-2-5-9(15)6-3-8/h2-3,5-6H,4,7H2,1H3,(H,20,21)(H,17,18,19). The summed E-state index contributed by atoms with van der Waals surface area (Å²) in [6, 6.07) is 7.81. The van der Waals surface area contributed by atoms with E-state index in [4.69, 9.17) is 23.2 Å². The minimum atomic E-state index is 0.209. The van der Waals surface area contributed by atoms with Gasteiger partial charge in [-0.1, -0.05) is 23.7 Å². The fraction of sp³-hybridized carbons (Fsp3) is 0.214. The number of hydrogen-bond acceptors (Lipinski definition) is 4. The summed E-state index contributed by atoms with van der Waals surface area (Å²) in [6.07, 6.45) is 1.65. The molecule has 1 aromatic carbocycles. The van der Waals surface area contributed by atoms with Crippen molar-refractivity contribution in [3.63, 3.8) is 0 Å². The topological polar surface area (TPSA) is 66.5 Å². The Hall–Kier alpha value is -1.85. The monoisotopic (exact) mass is 321 g/mol. The number of nitrogens with zero attached hydrogens (tertiary/aromatic N) is 3. The van der Waals surface area contributed by atoms with Gasteiger partial charge in [-0.15, -0.1) is 0 Å². The van der Waals surface area contributed by atoms with E-state index in [0.717, 1.165) is 29.1 Å². The molecule has 2 aromatic heterocycles. The summed E-state index contributed by atoms with van der Waals surface area (Å²) < 4.78 is 0. The molecule has 0 bridgehead atoms. The first kappa shape index (κ1) is 14.1. The van der Waals surface area contributed by atoms with Gasteiger partial charge in [0.1, 0.15) is 5.52 Å². The van der Waals surface area contributed by atoms with Crippen LogP contribution in [0.4, 0.5) is 5.82 Å². The van der Waals surface area contributed by atoms with Gasteiger partial charge in [0.25, 0.3) is 0 Å². The molecule has 0 atom stereocenters. The number of H-pyrrole nitrogens is 1. The second-order valence-corrected chi connectivity index (χ2v) is 5.39. The number of hydrogen-bond donors (Lipinski definition) is 2. The SMILES string of the molecule is CNc1nc(Cl)nc2c(CCc3ccc(Cl)cc3)[nH]nc12. The van der Waals surface area contributed by atoms with Gasteiger partial charge in [-0.2, -0.15) is 10.1 Å². The first-order chi connectivity index (χ1) is 10.2. The van der Waals surface area contributed by atoms with Gasteiger partial charge in [-0.05, 0) is 42.1 Å². The Bertz CT molecular complexity index is 767. The van der Waals surface area contributed by atoms with E-state index in [1.54, 1.807) is 7.05 Å². The normalized spacial score (nSPS) is 11.0. The Morgan fingerprint density at radius 1 is 1.05 bits per heavy atom. The molecule has 0 aliphatic heterocycles. The highest BCUT2D eigenvalue weighted by Gasteiger charge is 2.13.